The summed E-state index contributed by atoms with van der Waals surface area (Å²) < 4.78 is 1.88. The van der Waals surface area contributed by atoms with Gasteiger partial charge in [0.1, 0.15) is 0 Å². The minimum Gasteiger partial charge on any atom is -0.334 e. The Labute approximate surface area is 183 Å². The average molecular weight is 411 g/mol. The van der Waals surface area contributed by atoms with Crippen molar-refractivity contribution in [3.8, 4) is 11.1 Å². The van der Waals surface area contributed by atoms with Gasteiger partial charge in [-0.25, -0.2) is 4.79 Å². The van der Waals surface area contributed by atoms with Gasteiger partial charge in [0.2, 0.25) is 0 Å². The fourth-order valence-corrected chi connectivity index (χ4v) is 3.62. The van der Waals surface area contributed by atoms with Crippen molar-refractivity contribution in [2.75, 3.05) is 7.05 Å². The van der Waals surface area contributed by atoms with Crippen LogP contribution in [0.25, 0.3) is 11.1 Å². The molecule has 156 valence electrons. The SMILES string of the molecule is CN(Cc1ccccc1-c1ccccc1)C(=O)NCc1cccc(Cn2cccn2)c1. The Morgan fingerprint density at radius 3 is 2.52 bits per heavy atom. The van der Waals surface area contributed by atoms with Crippen LogP contribution < -0.4 is 5.32 Å². The molecule has 0 aliphatic heterocycles. The van der Waals surface area contributed by atoms with E-state index in [0.29, 0.717) is 19.6 Å². The number of hydrogen-bond donors (Lipinski definition) is 1. The van der Waals surface area contributed by atoms with Crippen LogP contribution in [0.4, 0.5) is 4.79 Å². The highest BCUT2D eigenvalue weighted by molar-refractivity contribution is 5.75. The molecule has 0 spiro atoms. The number of amides is 2. The van der Waals surface area contributed by atoms with Crippen molar-refractivity contribution in [1.29, 1.82) is 0 Å². The second-order valence-electron chi connectivity index (χ2n) is 7.56. The van der Waals surface area contributed by atoms with E-state index in [1.165, 1.54) is 0 Å². The van der Waals surface area contributed by atoms with Crippen LogP contribution in [0.1, 0.15) is 16.7 Å². The fraction of sp³-hybridized carbons (Fsp3) is 0.154. The molecule has 0 fully saturated rings. The van der Waals surface area contributed by atoms with E-state index in [0.717, 1.165) is 27.8 Å². The average Bonchev–Trinajstić information content (AvgIpc) is 3.31. The highest BCUT2D eigenvalue weighted by Crippen LogP contribution is 2.24. The summed E-state index contributed by atoms with van der Waals surface area (Å²) in [6.07, 6.45) is 3.71. The Morgan fingerprint density at radius 2 is 1.71 bits per heavy atom. The van der Waals surface area contributed by atoms with Crippen molar-refractivity contribution in [3.63, 3.8) is 0 Å². The van der Waals surface area contributed by atoms with Gasteiger partial charge in [-0.05, 0) is 33.9 Å². The van der Waals surface area contributed by atoms with Gasteiger partial charge < -0.3 is 10.2 Å². The lowest BCUT2D eigenvalue weighted by Gasteiger charge is -2.20. The maximum absolute atomic E-state index is 12.7. The third-order valence-corrected chi connectivity index (χ3v) is 5.20. The molecule has 5 nitrogen and oxygen atoms in total. The van der Waals surface area contributed by atoms with E-state index in [9.17, 15) is 4.79 Å². The number of nitrogens with zero attached hydrogens (tertiary/aromatic N) is 3. The summed E-state index contributed by atoms with van der Waals surface area (Å²) in [7, 11) is 1.82. The van der Waals surface area contributed by atoms with Gasteiger partial charge in [-0.3, -0.25) is 4.68 Å². The second kappa shape index (κ2) is 9.76. The fourth-order valence-electron chi connectivity index (χ4n) is 3.62. The molecular weight excluding hydrogens is 384 g/mol. The lowest BCUT2D eigenvalue weighted by molar-refractivity contribution is 0.206. The summed E-state index contributed by atoms with van der Waals surface area (Å²) >= 11 is 0. The minimum absolute atomic E-state index is 0.0969. The zero-order valence-electron chi connectivity index (χ0n) is 17.6. The molecule has 0 aliphatic carbocycles. The first-order chi connectivity index (χ1) is 15.2. The predicted molar refractivity (Wildman–Crippen MR) is 123 cm³/mol. The van der Waals surface area contributed by atoms with Gasteiger partial charge >= 0.3 is 6.03 Å². The van der Waals surface area contributed by atoms with E-state index in [1.54, 1.807) is 11.1 Å². The van der Waals surface area contributed by atoms with Gasteiger partial charge in [0, 0.05) is 32.5 Å². The van der Waals surface area contributed by atoms with Crippen LogP contribution in [0, 0.1) is 0 Å². The van der Waals surface area contributed by atoms with E-state index >= 15 is 0 Å². The molecule has 0 saturated carbocycles. The molecule has 0 unspecified atom stereocenters. The standard InChI is InChI=1S/C26H26N4O/c1-29(20-24-13-5-6-14-25(24)23-11-3-2-4-12-23)26(31)27-18-21-9-7-10-22(17-21)19-30-16-8-15-28-30/h2-17H,18-20H2,1H3,(H,27,31). The summed E-state index contributed by atoms with van der Waals surface area (Å²) in [6, 6.07) is 28.5. The van der Waals surface area contributed by atoms with Crippen molar-refractivity contribution in [2.24, 2.45) is 0 Å². The number of benzene rings is 3. The number of hydrogen-bond acceptors (Lipinski definition) is 2. The topological polar surface area (TPSA) is 50.2 Å². The zero-order chi connectivity index (χ0) is 21.5. The lowest BCUT2D eigenvalue weighted by Crippen LogP contribution is -2.36. The van der Waals surface area contributed by atoms with Crippen molar-refractivity contribution >= 4 is 6.03 Å². The molecule has 1 aromatic heterocycles. The van der Waals surface area contributed by atoms with Crippen LogP contribution in [0.2, 0.25) is 0 Å². The van der Waals surface area contributed by atoms with Crippen LogP contribution in [0.5, 0.6) is 0 Å². The van der Waals surface area contributed by atoms with Crippen LogP contribution in [-0.4, -0.2) is 27.8 Å². The molecule has 0 saturated heterocycles. The highest BCUT2D eigenvalue weighted by atomic mass is 16.2. The molecule has 4 aromatic rings. The number of carbonyl (C=O) groups excluding carboxylic acids is 1. The Kier molecular flexibility index (Phi) is 6.43. The summed E-state index contributed by atoms with van der Waals surface area (Å²) in [5.41, 5.74) is 5.64. The predicted octanol–water partition coefficient (Wildman–Crippen LogP) is 4.94. The normalized spacial score (nSPS) is 10.6. The van der Waals surface area contributed by atoms with Gasteiger partial charge in [0.15, 0.2) is 0 Å². The minimum atomic E-state index is -0.0969. The van der Waals surface area contributed by atoms with Crippen LogP contribution >= 0.6 is 0 Å². The smallest absolute Gasteiger partial charge is 0.317 e. The molecule has 0 aliphatic rings. The summed E-state index contributed by atoms with van der Waals surface area (Å²) in [5.74, 6) is 0. The Balaban J connectivity index is 1.37. The highest BCUT2D eigenvalue weighted by Gasteiger charge is 2.12. The molecule has 1 N–H and O–H groups in total. The number of urea groups is 1. The summed E-state index contributed by atoms with van der Waals surface area (Å²) in [5, 5.41) is 7.28. The molecule has 4 rings (SSSR count). The zero-order valence-corrected chi connectivity index (χ0v) is 17.6. The molecule has 31 heavy (non-hydrogen) atoms. The summed E-state index contributed by atoms with van der Waals surface area (Å²) in [6.45, 7) is 1.73. The van der Waals surface area contributed by atoms with Crippen molar-refractivity contribution in [2.45, 2.75) is 19.6 Å². The molecule has 0 radical (unpaired) electrons. The van der Waals surface area contributed by atoms with Gasteiger partial charge in [0.05, 0.1) is 6.54 Å². The van der Waals surface area contributed by atoms with E-state index in [-0.39, 0.29) is 6.03 Å². The van der Waals surface area contributed by atoms with Crippen LogP contribution in [0.15, 0.2) is 97.3 Å². The maximum Gasteiger partial charge on any atom is 0.317 e. The molecule has 1 heterocycles. The van der Waals surface area contributed by atoms with Crippen molar-refractivity contribution in [3.05, 3.63) is 114 Å². The van der Waals surface area contributed by atoms with Gasteiger partial charge in [-0.1, -0.05) is 78.9 Å². The Morgan fingerprint density at radius 1 is 0.935 bits per heavy atom. The molecule has 0 bridgehead atoms. The summed E-state index contributed by atoms with van der Waals surface area (Å²) in [4.78, 5) is 14.4. The van der Waals surface area contributed by atoms with E-state index in [1.807, 2.05) is 66.5 Å². The van der Waals surface area contributed by atoms with Crippen molar-refractivity contribution < 1.29 is 4.79 Å². The Hall–Kier alpha value is -3.86. The Bertz CT molecular complexity index is 1120. The van der Waals surface area contributed by atoms with Crippen molar-refractivity contribution in [1.82, 2.24) is 20.0 Å². The monoisotopic (exact) mass is 410 g/mol. The van der Waals surface area contributed by atoms with Gasteiger partial charge in [0.25, 0.3) is 0 Å². The number of aromatic nitrogens is 2. The number of carbonyl (C=O) groups is 1. The first-order valence-corrected chi connectivity index (χ1v) is 10.4. The van der Waals surface area contributed by atoms with Crippen LogP contribution in [0.3, 0.4) is 0 Å². The molecule has 3 aromatic carbocycles. The third-order valence-electron chi connectivity index (χ3n) is 5.20. The number of nitrogens with one attached hydrogen (secondary N) is 1. The molecular formula is C26H26N4O. The molecule has 2 amide bonds. The first-order valence-electron chi connectivity index (χ1n) is 10.4. The van der Waals surface area contributed by atoms with E-state index in [2.05, 4.69) is 46.8 Å². The largest absolute Gasteiger partial charge is 0.334 e. The lowest BCUT2D eigenvalue weighted by atomic mass is 9.99. The number of rotatable bonds is 7. The maximum atomic E-state index is 12.7. The van der Waals surface area contributed by atoms with Gasteiger partial charge in [-0.2, -0.15) is 5.10 Å². The quantitative estimate of drug-likeness (QED) is 0.469. The second-order valence-corrected chi connectivity index (χ2v) is 7.56. The van der Waals surface area contributed by atoms with E-state index < -0.39 is 0 Å². The van der Waals surface area contributed by atoms with Crippen LogP contribution in [-0.2, 0) is 19.6 Å². The molecule has 5 heteroatoms. The third kappa shape index (κ3) is 5.39. The van der Waals surface area contributed by atoms with E-state index in [4.69, 9.17) is 0 Å². The molecule has 0 atom stereocenters. The first kappa shape index (κ1) is 20.4. The van der Waals surface area contributed by atoms with Gasteiger partial charge in [-0.15, -0.1) is 0 Å².